The number of hydrogen-bond donors (Lipinski definition) is 2. The van der Waals surface area contributed by atoms with Crippen LogP contribution < -0.4 is 5.73 Å². The van der Waals surface area contributed by atoms with E-state index in [0.717, 1.165) is 6.42 Å². The largest absolute Gasteiger partial charge is 0.361 e. The predicted octanol–water partition coefficient (Wildman–Crippen LogP) is 2.37. The highest BCUT2D eigenvalue weighted by atomic mass is 14.7. The van der Waals surface area contributed by atoms with Crippen molar-refractivity contribution in [2.75, 3.05) is 0 Å². The van der Waals surface area contributed by atoms with Crippen LogP contribution in [-0.4, -0.2) is 11.0 Å². The lowest BCUT2D eigenvalue weighted by atomic mass is 10.0. The van der Waals surface area contributed by atoms with Gasteiger partial charge in [0.25, 0.3) is 0 Å². The molecule has 0 amide bonds. The van der Waals surface area contributed by atoms with Gasteiger partial charge in [-0.3, -0.25) is 0 Å². The Balaban J connectivity index is 2.55. The Bertz CT molecular complexity index is 441. The molecule has 1 heterocycles. The van der Waals surface area contributed by atoms with Crippen LogP contribution in [0.1, 0.15) is 18.1 Å². The zero-order chi connectivity index (χ0) is 10.1. The number of fused-ring (bicyclic) bond motifs is 1. The maximum atomic E-state index is 5.81. The molecule has 0 saturated heterocycles. The fraction of sp³-hybridized carbons (Fsp3) is 0.333. The highest BCUT2D eigenvalue weighted by Gasteiger charge is 2.07. The SMILES string of the molecule is Cc1cccc2[nH]cc(C[C@@H](C)N)c12. The Labute approximate surface area is 84.1 Å². The van der Waals surface area contributed by atoms with Gasteiger partial charge in [0.2, 0.25) is 0 Å². The van der Waals surface area contributed by atoms with Crippen LogP contribution in [0.3, 0.4) is 0 Å². The highest BCUT2D eigenvalue weighted by Crippen LogP contribution is 2.22. The number of aromatic nitrogens is 1. The molecule has 1 aromatic heterocycles. The van der Waals surface area contributed by atoms with E-state index in [0.29, 0.717) is 0 Å². The summed E-state index contributed by atoms with van der Waals surface area (Å²) in [5.41, 5.74) is 9.67. The Hall–Kier alpha value is -1.28. The number of aryl methyl sites for hydroxylation is 1. The zero-order valence-corrected chi connectivity index (χ0v) is 8.67. The summed E-state index contributed by atoms with van der Waals surface area (Å²) in [4.78, 5) is 3.28. The lowest BCUT2D eigenvalue weighted by Crippen LogP contribution is -2.17. The monoisotopic (exact) mass is 188 g/mol. The molecule has 0 spiro atoms. The molecule has 1 aromatic carbocycles. The van der Waals surface area contributed by atoms with Crippen molar-refractivity contribution in [3.05, 3.63) is 35.5 Å². The van der Waals surface area contributed by atoms with Crippen LogP contribution in [0.4, 0.5) is 0 Å². The third kappa shape index (κ3) is 1.53. The lowest BCUT2D eigenvalue weighted by molar-refractivity contribution is 0.741. The van der Waals surface area contributed by atoms with Gasteiger partial charge in [0.05, 0.1) is 0 Å². The van der Waals surface area contributed by atoms with Crippen molar-refractivity contribution in [3.8, 4) is 0 Å². The van der Waals surface area contributed by atoms with E-state index in [-0.39, 0.29) is 6.04 Å². The van der Waals surface area contributed by atoms with Crippen molar-refractivity contribution in [2.45, 2.75) is 26.3 Å². The van der Waals surface area contributed by atoms with Gasteiger partial charge in [-0.2, -0.15) is 0 Å². The number of nitrogens with two attached hydrogens (primary N) is 1. The average molecular weight is 188 g/mol. The summed E-state index contributed by atoms with van der Waals surface area (Å²) in [6.07, 6.45) is 3.01. The summed E-state index contributed by atoms with van der Waals surface area (Å²) in [6, 6.07) is 6.53. The van der Waals surface area contributed by atoms with Gasteiger partial charge in [0.15, 0.2) is 0 Å². The Morgan fingerprint density at radius 2 is 2.21 bits per heavy atom. The molecule has 2 heteroatoms. The third-order valence-corrected chi connectivity index (χ3v) is 2.54. The van der Waals surface area contributed by atoms with Crippen LogP contribution in [0, 0.1) is 6.92 Å². The first kappa shape index (κ1) is 9.28. The molecular formula is C12H16N2. The fourth-order valence-corrected chi connectivity index (χ4v) is 1.96. The summed E-state index contributed by atoms with van der Waals surface area (Å²) in [5.74, 6) is 0. The summed E-state index contributed by atoms with van der Waals surface area (Å²) >= 11 is 0. The summed E-state index contributed by atoms with van der Waals surface area (Å²) < 4.78 is 0. The first-order valence-corrected chi connectivity index (χ1v) is 4.99. The molecule has 1 atom stereocenters. The quantitative estimate of drug-likeness (QED) is 0.746. The van der Waals surface area contributed by atoms with E-state index < -0.39 is 0 Å². The fourth-order valence-electron chi connectivity index (χ4n) is 1.96. The van der Waals surface area contributed by atoms with Crippen LogP contribution in [-0.2, 0) is 6.42 Å². The molecule has 0 aliphatic rings. The summed E-state index contributed by atoms with van der Waals surface area (Å²) in [7, 11) is 0. The van der Waals surface area contributed by atoms with Crippen molar-refractivity contribution in [2.24, 2.45) is 5.73 Å². The Morgan fingerprint density at radius 3 is 2.93 bits per heavy atom. The van der Waals surface area contributed by atoms with E-state index in [9.17, 15) is 0 Å². The molecule has 2 rings (SSSR count). The van der Waals surface area contributed by atoms with Gasteiger partial charge in [-0.05, 0) is 37.5 Å². The van der Waals surface area contributed by atoms with Gasteiger partial charge in [-0.15, -0.1) is 0 Å². The molecule has 0 fully saturated rings. The average Bonchev–Trinajstić information content (AvgIpc) is 2.49. The maximum absolute atomic E-state index is 5.81. The van der Waals surface area contributed by atoms with Crippen molar-refractivity contribution in [3.63, 3.8) is 0 Å². The normalized spacial score (nSPS) is 13.4. The van der Waals surface area contributed by atoms with Gasteiger partial charge >= 0.3 is 0 Å². The molecule has 2 nitrogen and oxygen atoms in total. The number of H-pyrrole nitrogens is 1. The van der Waals surface area contributed by atoms with E-state index in [2.05, 4.69) is 36.3 Å². The van der Waals surface area contributed by atoms with E-state index >= 15 is 0 Å². The van der Waals surface area contributed by atoms with Crippen LogP contribution in [0.25, 0.3) is 10.9 Å². The molecular weight excluding hydrogens is 172 g/mol. The van der Waals surface area contributed by atoms with Crippen LogP contribution >= 0.6 is 0 Å². The van der Waals surface area contributed by atoms with E-state index in [4.69, 9.17) is 5.73 Å². The minimum absolute atomic E-state index is 0.216. The van der Waals surface area contributed by atoms with E-state index in [1.54, 1.807) is 0 Å². The Morgan fingerprint density at radius 1 is 1.43 bits per heavy atom. The predicted molar refractivity (Wildman–Crippen MR) is 60.4 cm³/mol. The second-order valence-electron chi connectivity index (χ2n) is 3.99. The molecule has 0 aliphatic carbocycles. The minimum Gasteiger partial charge on any atom is -0.361 e. The molecule has 74 valence electrons. The molecule has 0 radical (unpaired) electrons. The molecule has 0 saturated carbocycles. The smallest absolute Gasteiger partial charge is 0.0459 e. The molecule has 14 heavy (non-hydrogen) atoms. The van der Waals surface area contributed by atoms with E-state index in [1.807, 2.05) is 6.92 Å². The highest BCUT2D eigenvalue weighted by molar-refractivity contribution is 5.86. The van der Waals surface area contributed by atoms with E-state index in [1.165, 1.54) is 22.0 Å². The van der Waals surface area contributed by atoms with Crippen molar-refractivity contribution >= 4 is 10.9 Å². The van der Waals surface area contributed by atoms with Crippen molar-refractivity contribution in [1.29, 1.82) is 0 Å². The first-order valence-electron chi connectivity index (χ1n) is 4.99. The van der Waals surface area contributed by atoms with Gasteiger partial charge < -0.3 is 10.7 Å². The number of benzene rings is 1. The third-order valence-electron chi connectivity index (χ3n) is 2.54. The second kappa shape index (κ2) is 3.46. The number of aromatic amines is 1. The molecule has 0 aliphatic heterocycles. The van der Waals surface area contributed by atoms with Crippen LogP contribution in [0.2, 0.25) is 0 Å². The van der Waals surface area contributed by atoms with Gasteiger partial charge in [0.1, 0.15) is 0 Å². The Kier molecular flexibility index (Phi) is 2.30. The number of rotatable bonds is 2. The zero-order valence-electron chi connectivity index (χ0n) is 8.67. The van der Waals surface area contributed by atoms with Gasteiger partial charge in [-0.1, -0.05) is 12.1 Å². The molecule has 3 N–H and O–H groups in total. The van der Waals surface area contributed by atoms with Crippen LogP contribution in [0.15, 0.2) is 24.4 Å². The topological polar surface area (TPSA) is 41.8 Å². The molecule has 0 bridgehead atoms. The lowest BCUT2D eigenvalue weighted by Gasteiger charge is -2.04. The van der Waals surface area contributed by atoms with Crippen LogP contribution in [0.5, 0.6) is 0 Å². The standard InChI is InChI=1S/C12H16N2/c1-8-4-3-5-11-12(8)10(7-14-11)6-9(2)13/h3-5,7,9,14H,6,13H2,1-2H3/t9-/m1/s1. The molecule has 2 aromatic rings. The number of nitrogens with one attached hydrogen (secondary N) is 1. The maximum Gasteiger partial charge on any atom is 0.0459 e. The van der Waals surface area contributed by atoms with Gasteiger partial charge in [-0.25, -0.2) is 0 Å². The van der Waals surface area contributed by atoms with Crippen molar-refractivity contribution in [1.82, 2.24) is 4.98 Å². The number of hydrogen-bond acceptors (Lipinski definition) is 1. The summed E-state index contributed by atoms with van der Waals surface area (Å²) in [6.45, 7) is 4.18. The second-order valence-corrected chi connectivity index (χ2v) is 3.99. The molecule has 0 unspecified atom stereocenters. The van der Waals surface area contributed by atoms with Gasteiger partial charge in [0, 0.05) is 23.1 Å². The first-order chi connectivity index (χ1) is 6.68. The van der Waals surface area contributed by atoms with Crippen molar-refractivity contribution < 1.29 is 0 Å². The minimum atomic E-state index is 0.216. The summed E-state index contributed by atoms with van der Waals surface area (Å²) in [5, 5.41) is 1.34.